The first kappa shape index (κ1) is 30.2. The molecule has 1 aromatic heterocycles. The lowest BCUT2D eigenvalue weighted by atomic mass is 10.1. The molecular formula is C22H32F3N3O6SSi. The number of amides is 1. The van der Waals surface area contributed by atoms with E-state index in [-0.39, 0.29) is 18.1 Å². The summed E-state index contributed by atoms with van der Waals surface area (Å²) in [4.78, 5) is 38.3. The molecule has 2 N–H and O–H groups in total. The van der Waals surface area contributed by atoms with Crippen LogP contribution >= 0.6 is 11.8 Å². The number of carbonyl (C=O) groups excluding carboxylic acids is 1. The molecule has 1 fully saturated rings. The summed E-state index contributed by atoms with van der Waals surface area (Å²) in [7, 11) is -2.12. The van der Waals surface area contributed by atoms with Gasteiger partial charge in [0.15, 0.2) is 8.32 Å². The molecule has 2 rings (SSSR count). The fourth-order valence-electron chi connectivity index (χ4n) is 3.20. The van der Waals surface area contributed by atoms with Gasteiger partial charge in [-0.2, -0.15) is 13.2 Å². The average Bonchev–Trinajstić information content (AvgIpc) is 3.16. The number of carbonyl (C=O) groups is 1. The Kier molecular flexibility index (Phi) is 9.68. The number of hydrogen-bond acceptors (Lipinski definition) is 7. The van der Waals surface area contributed by atoms with Crippen molar-refractivity contribution in [2.45, 2.75) is 76.0 Å². The van der Waals surface area contributed by atoms with Gasteiger partial charge in [0.2, 0.25) is 0 Å². The highest BCUT2D eigenvalue weighted by atomic mass is 32.2. The molecule has 1 saturated heterocycles. The molecule has 0 radical (unpaired) electrons. The Bertz CT molecular complexity index is 1090. The van der Waals surface area contributed by atoms with Crippen LogP contribution in [0.15, 0.2) is 15.8 Å². The summed E-state index contributed by atoms with van der Waals surface area (Å²) in [5.41, 5.74) is -2.28. The molecule has 0 bridgehead atoms. The predicted molar refractivity (Wildman–Crippen MR) is 132 cm³/mol. The third-order valence-electron chi connectivity index (χ3n) is 6.31. The average molecular weight is 552 g/mol. The van der Waals surface area contributed by atoms with Crippen LogP contribution in [0.25, 0.3) is 0 Å². The summed E-state index contributed by atoms with van der Waals surface area (Å²) in [6, 6.07) is -1.72. The number of halogens is 3. The number of terminal acetylenes is 1. The molecule has 4 atom stereocenters. The lowest BCUT2D eigenvalue weighted by Gasteiger charge is -2.37. The molecular weight excluding hydrogens is 519 g/mol. The maximum Gasteiger partial charge on any atom is 0.471 e. The first-order valence-corrected chi connectivity index (χ1v) is 15.4. The Morgan fingerprint density at radius 2 is 2.03 bits per heavy atom. The fourth-order valence-corrected chi connectivity index (χ4v) is 4.53. The van der Waals surface area contributed by atoms with Crippen molar-refractivity contribution >= 4 is 26.0 Å². The highest BCUT2D eigenvalue weighted by Crippen LogP contribution is 2.38. The smallest absolute Gasteiger partial charge is 0.414 e. The van der Waals surface area contributed by atoms with Gasteiger partial charge in [0.1, 0.15) is 18.4 Å². The number of thioether (sulfide) groups is 1. The number of rotatable bonds is 9. The Morgan fingerprint density at radius 3 is 2.56 bits per heavy atom. The molecule has 36 heavy (non-hydrogen) atoms. The Balaban J connectivity index is 2.34. The van der Waals surface area contributed by atoms with Crippen molar-refractivity contribution in [2.24, 2.45) is 0 Å². The lowest BCUT2D eigenvalue weighted by Crippen LogP contribution is -2.44. The van der Waals surface area contributed by atoms with E-state index in [0.29, 0.717) is 5.94 Å². The van der Waals surface area contributed by atoms with Crippen LogP contribution in [0.2, 0.25) is 18.1 Å². The number of ether oxygens (including phenoxy) is 2. The van der Waals surface area contributed by atoms with E-state index in [0.717, 1.165) is 10.8 Å². The van der Waals surface area contributed by atoms with Crippen LogP contribution in [0.4, 0.5) is 13.2 Å². The molecule has 1 aliphatic heterocycles. The van der Waals surface area contributed by atoms with Crippen molar-refractivity contribution < 1.29 is 31.9 Å². The zero-order valence-electron chi connectivity index (χ0n) is 21.0. The van der Waals surface area contributed by atoms with Gasteiger partial charge in [0.25, 0.3) is 5.56 Å². The molecule has 0 aliphatic carbocycles. The summed E-state index contributed by atoms with van der Waals surface area (Å²) < 4.78 is 57.4. The number of aromatic amines is 1. The summed E-state index contributed by atoms with van der Waals surface area (Å²) in [5, 5.41) is 1.53. The third-order valence-corrected chi connectivity index (χ3v) is 11.2. The molecule has 0 spiro atoms. The summed E-state index contributed by atoms with van der Waals surface area (Å²) >= 11 is 1.46. The van der Waals surface area contributed by atoms with Gasteiger partial charge in [-0.1, -0.05) is 26.7 Å². The molecule has 0 aromatic carbocycles. The van der Waals surface area contributed by atoms with Crippen LogP contribution in [-0.2, 0) is 18.7 Å². The second-order valence-electron chi connectivity index (χ2n) is 9.87. The zero-order chi connectivity index (χ0) is 27.5. The zero-order valence-corrected chi connectivity index (χ0v) is 22.8. The van der Waals surface area contributed by atoms with Gasteiger partial charge in [-0.05, 0) is 24.4 Å². The van der Waals surface area contributed by atoms with Gasteiger partial charge in [-0.15, -0.1) is 18.2 Å². The molecule has 14 heteroatoms. The van der Waals surface area contributed by atoms with Crippen LogP contribution in [-0.4, -0.2) is 61.0 Å². The molecule has 1 amide bonds. The fraction of sp³-hybridized carbons (Fsp3) is 0.682. The van der Waals surface area contributed by atoms with E-state index in [1.807, 2.05) is 17.2 Å². The Labute approximate surface area is 212 Å². The molecule has 2 heterocycles. The van der Waals surface area contributed by atoms with Crippen molar-refractivity contribution in [3.8, 4) is 12.3 Å². The molecule has 1 aromatic rings. The van der Waals surface area contributed by atoms with E-state index in [1.165, 1.54) is 11.8 Å². The summed E-state index contributed by atoms with van der Waals surface area (Å²) in [6.07, 6.45) is 1.28. The number of hydrogen-bond donors (Lipinski definition) is 2. The molecule has 1 aliphatic rings. The normalized spacial score (nSPS) is 21.7. The maximum absolute atomic E-state index is 12.7. The molecule has 202 valence electrons. The van der Waals surface area contributed by atoms with Crippen molar-refractivity contribution in [3.63, 3.8) is 0 Å². The number of alkyl halides is 3. The molecule has 9 nitrogen and oxygen atoms in total. The van der Waals surface area contributed by atoms with E-state index in [1.54, 1.807) is 5.32 Å². The van der Waals surface area contributed by atoms with Gasteiger partial charge < -0.3 is 19.2 Å². The first-order valence-electron chi connectivity index (χ1n) is 11.1. The van der Waals surface area contributed by atoms with Gasteiger partial charge in [0, 0.05) is 12.6 Å². The minimum atomic E-state index is -5.20. The van der Waals surface area contributed by atoms with Crippen LogP contribution in [0, 0.1) is 12.3 Å². The topological polar surface area (TPSA) is 112 Å². The highest BCUT2D eigenvalue weighted by molar-refractivity contribution is 7.98. The van der Waals surface area contributed by atoms with Crippen molar-refractivity contribution in [1.29, 1.82) is 0 Å². The highest BCUT2D eigenvalue weighted by Gasteiger charge is 2.43. The van der Waals surface area contributed by atoms with E-state index in [2.05, 4.69) is 33.9 Å². The van der Waals surface area contributed by atoms with Crippen molar-refractivity contribution in [3.05, 3.63) is 32.6 Å². The van der Waals surface area contributed by atoms with E-state index in [4.69, 9.17) is 20.3 Å². The van der Waals surface area contributed by atoms with E-state index in [9.17, 15) is 27.6 Å². The van der Waals surface area contributed by atoms with Gasteiger partial charge in [-0.3, -0.25) is 19.1 Å². The standard InChI is InChI=1S/C22H32F3N3O6SSi/c1-8-14(26-19(30)22(23,24)25)13-10-28(20(31)27-18(13)29)17-9-15(32-12-35-5)16(34-17)11-33-36(6,7)21(2,3)4/h1,10,14-17H,9,11-12H2,2-7H3,(H,26,30)(H,27,29,31)/t14?,15-,16+,17+/m0/s1. The van der Waals surface area contributed by atoms with Crippen molar-refractivity contribution in [1.82, 2.24) is 14.9 Å². The Hall–Kier alpha value is -2.05. The molecule has 1 unspecified atom stereocenters. The summed E-state index contributed by atoms with van der Waals surface area (Å²) in [6.45, 7) is 10.7. The number of nitrogens with one attached hydrogen (secondary N) is 2. The van der Waals surface area contributed by atoms with Gasteiger partial charge in [0.05, 0.1) is 24.2 Å². The SMILES string of the molecule is C#CC(NC(=O)C(F)(F)F)c1cn([C@H]2C[C@H](OCSC)[C@@H](CO[Si](C)(C)C(C)(C)C)O2)c(=O)[nH]c1=O. The van der Waals surface area contributed by atoms with Gasteiger partial charge >= 0.3 is 17.8 Å². The summed E-state index contributed by atoms with van der Waals surface area (Å²) in [5.74, 6) is -0.000213. The third kappa shape index (κ3) is 7.25. The van der Waals surface area contributed by atoms with Crippen LogP contribution < -0.4 is 16.6 Å². The van der Waals surface area contributed by atoms with Crippen molar-refractivity contribution in [2.75, 3.05) is 18.8 Å². The predicted octanol–water partition coefficient (Wildman–Crippen LogP) is 2.90. The minimum Gasteiger partial charge on any atom is -0.414 e. The quantitative estimate of drug-likeness (QED) is 0.276. The number of H-pyrrole nitrogens is 1. The second-order valence-corrected chi connectivity index (χ2v) is 15.5. The maximum atomic E-state index is 12.7. The van der Waals surface area contributed by atoms with Crippen LogP contribution in [0.1, 0.15) is 45.0 Å². The lowest BCUT2D eigenvalue weighted by molar-refractivity contribution is -0.174. The van der Waals surface area contributed by atoms with E-state index < -0.39 is 61.7 Å². The van der Waals surface area contributed by atoms with E-state index >= 15 is 0 Å². The largest absolute Gasteiger partial charge is 0.471 e. The molecule has 0 saturated carbocycles. The number of aromatic nitrogens is 2. The van der Waals surface area contributed by atoms with Crippen LogP contribution in [0.5, 0.6) is 0 Å². The monoisotopic (exact) mass is 551 g/mol. The minimum absolute atomic E-state index is 0.0452. The second kappa shape index (κ2) is 11.6. The van der Waals surface area contributed by atoms with Crippen LogP contribution in [0.3, 0.4) is 0 Å². The Morgan fingerprint density at radius 1 is 1.39 bits per heavy atom. The first-order chi connectivity index (χ1) is 16.5. The van der Waals surface area contributed by atoms with Gasteiger partial charge in [-0.25, -0.2) is 4.79 Å². The number of nitrogens with zero attached hydrogens (tertiary/aromatic N) is 1.